The van der Waals surface area contributed by atoms with Gasteiger partial charge in [0, 0.05) is 6.42 Å². The smallest absolute Gasteiger partial charge is 0.248 e. The van der Waals surface area contributed by atoms with Gasteiger partial charge in [-0.15, -0.1) is 0 Å². The molecule has 156 valence electrons. The molecular formula is C22H24N4O4. The largest absolute Gasteiger partial charge is 0.494 e. The van der Waals surface area contributed by atoms with E-state index in [0.717, 1.165) is 22.6 Å². The number of hydrogen-bond acceptors (Lipinski definition) is 7. The molecule has 1 aliphatic rings. The number of benzene rings is 2. The first-order valence-electron chi connectivity index (χ1n) is 9.68. The summed E-state index contributed by atoms with van der Waals surface area (Å²) in [6.07, 6.45) is 2.16. The third kappa shape index (κ3) is 3.56. The SMILES string of the molecule is CCOc1ccc(C2=Nc3ncnn3C(c3cc(OC)c(OC)c(OC)c3)C2)cc1. The van der Waals surface area contributed by atoms with E-state index < -0.39 is 0 Å². The standard InChI is InChI=1S/C22H24N4O4/c1-5-30-16-8-6-14(7-9-16)17-12-18(26-22(25-17)23-13-24-26)15-10-19(27-2)21(29-4)20(11-15)28-3/h6-11,13,18H,5,12H2,1-4H3. The molecule has 0 amide bonds. The molecule has 0 spiro atoms. The zero-order valence-corrected chi connectivity index (χ0v) is 17.5. The molecule has 0 fully saturated rings. The van der Waals surface area contributed by atoms with Crippen LogP contribution in [0.2, 0.25) is 0 Å². The minimum Gasteiger partial charge on any atom is -0.494 e. The average molecular weight is 408 g/mol. The van der Waals surface area contributed by atoms with Gasteiger partial charge in [-0.3, -0.25) is 0 Å². The quantitative estimate of drug-likeness (QED) is 0.591. The van der Waals surface area contributed by atoms with Crippen LogP contribution in [-0.4, -0.2) is 48.4 Å². The van der Waals surface area contributed by atoms with Crippen LogP contribution >= 0.6 is 0 Å². The lowest BCUT2D eigenvalue weighted by Crippen LogP contribution is -2.21. The van der Waals surface area contributed by atoms with E-state index >= 15 is 0 Å². The molecule has 0 bridgehead atoms. The molecule has 8 nitrogen and oxygen atoms in total. The van der Waals surface area contributed by atoms with Crippen molar-refractivity contribution in [1.29, 1.82) is 0 Å². The number of fused-ring (bicyclic) bond motifs is 1. The highest BCUT2D eigenvalue weighted by Crippen LogP contribution is 2.42. The number of nitrogens with zero attached hydrogens (tertiary/aromatic N) is 4. The Bertz CT molecular complexity index is 1030. The fourth-order valence-corrected chi connectivity index (χ4v) is 3.63. The van der Waals surface area contributed by atoms with Crippen LogP contribution in [-0.2, 0) is 0 Å². The first kappa shape index (κ1) is 19.8. The molecule has 2 heterocycles. The number of ether oxygens (including phenoxy) is 4. The van der Waals surface area contributed by atoms with Gasteiger partial charge in [-0.1, -0.05) is 0 Å². The van der Waals surface area contributed by atoms with Gasteiger partial charge in [-0.2, -0.15) is 10.1 Å². The highest BCUT2D eigenvalue weighted by molar-refractivity contribution is 6.02. The van der Waals surface area contributed by atoms with Crippen molar-refractivity contribution >= 4 is 11.7 Å². The molecule has 3 aromatic rings. The van der Waals surface area contributed by atoms with Crippen molar-refractivity contribution in [2.24, 2.45) is 4.99 Å². The Kier molecular flexibility index (Phi) is 5.56. The minimum atomic E-state index is -0.115. The van der Waals surface area contributed by atoms with E-state index in [1.54, 1.807) is 21.3 Å². The molecule has 4 rings (SSSR count). The molecule has 0 saturated heterocycles. The Hall–Kier alpha value is -3.55. The van der Waals surface area contributed by atoms with E-state index in [1.807, 2.05) is 48.0 Å². The van der Waals surface area contributed by atoms with Crippen molar-refractivity contribution in [3.8, 4) is 23.0 Å². The van der Waals surface area contributed by atoms with Crippen LogP contribution in [0.25, 0.3) is 0 Å². The third-order valence-electron chi connectivity index (χ3n) is 5.04. The van der Waals surface area contributed by atoms with Crippen LogP contribution < -0.4 is 18.9 Å². The second-order valence-corrected chi connectivity index (χ2v) is 6.70. The minimum absolute atomic E-state index is 0.115. The predicted octanol–water partition coefficient (Wildman–Crippen LogP) is 3.82. The molecule has 1 aliphatic heterocycles. The average Bonchev–Trinajstić information content (AvgIpc) is 3.27. The molecule has 0 saturated carbocycles. The van der Waals surface area contributed by atoms with Gasteiger partial charge in [0.15, 0.2) is 11.5 Å². The third-order valence-corrected chi connectivity index (χ3v) is 5.04. The van der Waals surface area contributed by atoms with Crippen LogP contribution in [0.4, 0.5) is 5.95 Å². The Balaban J connectivity index is 1.74. The molecule has 0 N–H and O–H groups in total. The van der Waals surface area contributed by atoms with Crippen LogP contribution in [0.3, 0.4) is 0 Å². The lowest BCUT2D eigenvalue weighted by atomic mass is 9.95. The topological polar surface area (TPSA) is 80.0 Å². The molecule has 1 aromatic heterocycles. The van der Waals surface area contributed by atoms with E-state index in [4.69, 9.17) is 23.9 Å². The van der Waals surface area contributed by atoms with Crippen molar-refractivity contribution in [3.63, 3.8) is 0 Å². The van der Waals surface area contributed by atoms with Crippen molar-refractivity contribution in [1.82, 2.24) is 14.8 Å². The molecular weight excluding hydrogens is 384 g/mol. The summed E-state index contributed by atoms with van der Waals surface area (Å²) in [6, 6.07) is 11.7. The molecule has 0 aliphatic carbocycles. The fourth-order valence-electron chi connectivity index (χ4n) is 3.63. The maximum Gasteiger partial charge on any atom is 0.248 e. The zero-order chi connectivity index (χ0) is 21.1. The zero-order valence-electron chi connectivity index (χ0n) is 17.5. The second kappa shape index (κ2) is 8.44. The number of aliphatic imine (C=N–C) groups is 1. The first-order valence-corrected chi connectivity index (χ1v) is 9.68. The Labute approximate surface area is 175 Å². The highest BCUT2D eigenvalue weighted by Gasteiger charge is 2.28. The number of hydrogen-bond donors (Lipinski definition) is 0. The second-order valence-electron chi connectivity index (χ2n) is 6.70. The Morgan fingerprint density at radius 3 is 2.30 bits per heavy atom. The number of methoxy groups -OCH3 is 3. The summed E-state index contributed by atoms with van der Waals surface area (Å²) in [6.45, 7) is 2.60. The Morgan fingerprint density at radius 2 is 1.70 bits per heavy atom. The van der Waals surface area contributed by atoms with Gasteiger partial charge in [0.25, 0.3) is 0 Å². The maximum absolute atomic E-state index is 5.55. The summed E-state index contributed by atoms with van der Waals surface area (Å²) >= 11 is 0. The van der Waals surface area contributed by atoms with Gasteiger partial charge < -0.3 is 18.9 Å². The first-order chi connectivity index (χ1) is 14.7. The summed E-state index contributed by atoms with van der Waals surface area (Å²) in [5.74, 6) is 3.14. The fraction of sp³-hybridized carbons (Fsp3) is 0.318. The van der Waals surface area contributed by atoms with Crippen molar-refractivity contribution in [2.75, 3.05) is 27.9 Å². The van der Waals surface area contributed by atoms with Crippen LogP contribution in [0.1, 0.15) is 30.5 Å². The Morgan fingerprint density at radius 1 is 1.00 bits per heavy atom. The summed E-state index contributed by atoms with van der Waals surface area (Å²) in [7, 11) is 4.80. The predicted molar refractivity (Wildman–Crippen MR) is 113 cm³/mol. The van der Waals surface area contributed by atoms with E-state index in [0.29, 0.717) is 36.2 Å². The van der Waals surface area contributed by atoms with Crippen LogP contribution in [0.5, 0.6) is 23.0 Å². The van der Waals surface area contributed by atoms with Gasteiger partial charge in [0.05, 0.1) is 39.7 Å². The van der Waals surface area contributed by atoms with E-state index in [2.05, 4.69) is 10.1 Å². The summed E-state index contributed by atoms with van der Waals surface area (Å²) in [5, 5.41) is 4.40. The van der Waals surface area contributed by atoms with Crippen molar-refractivity contribution in [2.45, 2.75) is 19.4 Å². The number of rotatable bonds is 7. The molecule has 0 radical (unpaired) electrons. The monoisotopic (exact) mass is 408 g/mol. The highest BCUT2D eigenvalue weighted by atomic mass is 16.5. The molecule has 1 unspecified atom stereocenters. The van der Waals surface area contributed by atoms with E-state index in [9.17, 15) is 0 Å². The molecule has 2 aromatic carbocycles. The lowest BCUT2D eigenvalue weighted by molar-refractivity contribution is 0.323. The van der Waals surface area contributed by atoms with Crippen molar-refractivity contribution < 1.29 is 18.9 Å². The summed E-state index contributed by atoms with van der Waals surface area (Å²) in [5.41, 5.74) is 2.91. The summed E-state index contributed by atoms with van der Waals surface area (Å²) in [4.78, 5) is 9.05. The van der Waals surface area contributed by atoms with Crippen LogP contribution in [0, 0.1) is 0 Å². The van der Waals surface area contributed by atoms with Gasteiger partial charge in [0.1, 0.15) is 12.1 Å². The molecule has 8 heteroatoms. The van der Waals surface area contributed by atoms with Crippen molar-refractivity contribution in [3.05, 3.63) is 53.9 Å². The van der Waals surface area contributed by atoms with Gasteiger partial charge >= 0.3 is 0 Å². The normalized spacial score (nSPS) is 15.2. The lowest BCUT2D eigenvalue weighted by Gasteiger charge is -2.25. The van der Waals surface area contributed by atoms with Gasteiger partial charge in [0.2, 0.25) is 11.7 Å². The van der Waals surface area contributed by atoms with Gasteiger partial charge in [-0.25, -0.2) is 9.67 Å². The molecule has 1 atom stereocenters. The van der Waals surface area contributed by atoms with E-state index in [-0.39, 0.29) is 6.04 Å². The maximum atomic E-state index is 5.55. The summed E-state index contributed by atoms with van der Waals surface area (Å²) < 4.78 is 23.9. The van der Waals surface area contributed by atoms with E-state index in [1.165, 1.54) is 6.33 Å². The number of aromatic nitrogens is 3. The molecule has 30 heavy (non-hydrogen) atoms. The van der Waals surface area contributed by atoms with Crippen LogP contribution in [0.15, 0.2) is 47.7 Å². The van der Waals surface area contributed by atoms with Gasteiger partial charge in [-0.05, 0) is 54.4 Å².